The molecule has 0 atom stereocenters. The summed E-state index contributed by atoms with van der Waals surface area (Å²) in [5.74, 6) is 0.0914. The van der Waals surface area contributed by atoms with E-state index in [9.17, 15) is 0 Å². The first-order valence-electron chi connectivity index (χ1n) is 5.33. The lowest BCUT2D eigenvalue weighted by atomic mass is 10.1. The van der Waals surface area contributed by atoms with E-state index in [-0.39, 0.29) is 5.84 Å². The minimum Gasteiger partial charge on any atom is -0.409 e. The van der Waals surface area contributed by atoms with Gasteiger partial charge in [-0.2, -0.15) is 5.10 Å². The summed E-state index contributed by atoms with van der Waals surface area (Å²) in [5.41, 5.74) is 8.80. The molecule has 3 N–H and O–H groups in total. The fourth-order valence-electron chi connectivity index (χ4n) is 1.70. The average molecular weight is 265 g/mol. The van der Waals surface area contributed by atoms with Gasteiger partial charge in [-0.15, -0.1) is 0 Å². The van der Waals surface area contributed by atoms with Crippen LogP contribution in [-0.4, -0.2) is 20.8 Å². The van der Waals surface area contributed by atoms with Gasteiger partial charge in [0.05, 0.1) is 16.4 Å². The van der Waals surface area contributed by atoms with Gasteiger partial charge >= 0.3 is 0 Å². The van der Waals surface area contributed by atoms with Crippen molar-refractivity contribution in [2.24, 2.45) is 10.9 Å². The van der Waals surface area contributed by atoms with Crippen LogP contribution in [0.3, 0.4) is 0 Å². The maximum atomic E-state index is 8.67. The van der Waals surface area contributed by atoms with Crippen molar-refractivity contribution in [2.45, 2.75) is 13.8 Å². The third-order valence-electron chi connectivity index (χ3n) is 2.70. The summed E-state index contributed by atoms with van der Waals surface area (Å²) in [6, 6.07) is 5.52. The Labute approximate surface area is 109 Å². The molecule has 1 aromatic heterocycles. The van der Waals surface area contributed by atoms with Crippen LogP contribution in [0.2, 0.25) is 5.02 Å². The summed E-state index contributed by atoms with van der Waals surface area (Å²) in [7, 11) is 0. The number of halogens is 1. The molecule has 0 amide bonds. The van der Waals surface area contributed by atoms with Crippen molar-refractivity contribution in [3.63, 3.8) is 0 Å². The first-order chi connectivity index (χ1) is 8.52. The summed E-state index contributed by atoms with van der Waals surface area (Å²) in [6.07, 6.45) is 1.74. The Balaban J connectivity index is 2.46. The molecule has 0 saturated carbocycles. The van der Waals surface area contributed by atoms with Gasteiger partial charge in [-0.1, -0.05) is 16.8 Å². The standard InChI is InChI=1S/C12H13ClN4O/c1-7-5-9(3-4-10(7)12(14)16-18)17-6-11(13)8(2)15-17/h3-6,18H,1-2H3,(H2,14,16). The van der Waals surface area contributed by atoms with Crippen LogP contribution in [0.4, 0.5) is 0 Å². The van der Waals surface area contributed by atoms with Crippen LogP contribution < -0.4 is 5.73 Å². The van der Waals surface area contributed by atoms with E-state index in [1.807, 2.05) is 26.0 Å². The molecule has 0 unspecified atom stereocenters. The SMILES string of the molecule is Cc1cc(-n2cc(Cl)c(C)n2)ccc1/C(N)=N/O. The van der Waals surface area contributed by atoms with Crippen LogP contribution in [-0.2, 0) is 0 Å². The number of aryl methyl sites for hydroxylation is 2. The summed E-state index contributed by atoms with van der Waals surface area (Å²) in [4.78, 5) is 0. The normalized spacial score (nSPS) is 11.8. The van der Waals surface area contributed by atoms with E-state index in [4.69, 9.17) is 22.5 Å². The smallest absolute Gasteiger partial charge is 0.170 e. The maximum absolute atomic E-state index is 8.67. The van der Waals surface area contributed by atoms with Gasteiger partial charge in [0.25, 0.3) is 0 Å². The molecule has 0 aliphatic heterocycles. The Morgan fingerprint density at radius 1 is 1.44 bits per heavy atom. The van der Waals surface area contributed by atoms with E-state index in [1.54, 1.807) is 16.9 Å². The third kappa shape index (κ3) is 2.17. The summed E-state index contributed by atoms with van der Waals surface area (Å²) in [5, 5.41) is 16.6. The molecule has 0 fully saturated rings. The number of amidine groups is 1. The molecular formula is C12H13ClN4O. The zero-order valence-corrected chi connectivity index (χ0v) is 10.8. The second kappa shape index (κ2) is 4.70. The van der Waals surface area contributed by atoms with Crippen molar-refractivity contribution >= 4 is 17.4 Å². The molecule has 0 aliphatic carbocycles. The molecule has 1 heterocycles. The topological polar surface area (TPSA) is 76.4 Å². The molecule has 18 heavy (non-hydrogen) atoms. The second-order valence-electron chi connectivity index (χ2n) is 3.99. The van der Waals surface area contributed by atoms with Crippen molar-refractivity contribution in [3.05, 3.63) is 46.2 Å². The highest BCUT2D eigenvalue weighted by atomic mass is 35.5. The van der Waals surface area contributed by atoms with Crippen LogP contribution in [0.5, 0.6) is 0 Å². The molecule has 6 heteroatoms. The van der Waals surface area contributed by atoms with Gasteiger partial charge in [0.1, 0.15) is 0 Å². The summed E-state index contributed by atoms with van der Waals surface area (Å²) in [6.45, 7) is 3.73. The van der Waals surface area contributed by atoms with Gasteiger partial charge in [0.15, 0.2) is 5.84 Å². The number of nitrogens with two attached hydrogens (primary N) is 1. The van der Waals surface area contributed by atoms with Gasteiger partial charge < -0.3 is 10.9 Å². The van der Waals surface area contributed by atoms with E-state index >= 15 is 0 Å². The van der Waals surface area contributed by atoms with E-state index < -0.39 is 0 Å². The minimum absolute atomic E-state index is 0.0914. The Morgan fingerprint density at radius 3 is 2.67 bits per heavy atom. The lowest BCUT2D eigenvalue weighted by Crippen LogP contribution is -2.14. The monoisotopic (exact) mass is 264 g/mol. The Hall–Kier alpha value is -2.01. The number of oxime groups is 1. The second-order valence-corrected chi connectivity index (χ2v) is 4.40. The van der Waals surface area contributed by atoms with Crippen LogP contribution in [0.15, 0.2) is 29.6 Å². The maximum Gasteiger partial charge on any atom is 0.170 e. The Morgan fingerprint density at radius 2 is 2.17 bits per heavy atom. The van der Waals surface area contributed by atoms with Crippen molar-refractivity contribution in [2.75, 3.05) is 0 Å². The predicted octanol–water partition coefficient (Wildman–Crippen LogP) is 2.24. The molecule has 0 saturated heterocycles. The fourth-order valence-corrected chi connectivity index (χ4v) is 1.83. The molecule has 5 nitrogen and oxygen atoms in total. The number of rotatable bonds is 2. The van der Waals surface area contributed by atoms with E-state index in [0.29, 0.717) is 10.6 Å². The first kappa shape index (κ1) is 12.4. The fraction of sp³-hybridized carbons (Fsp3) is 0.167. The van der Waals surface area contributed by atoms with Gasteiger partial charge in [-0.25, -0.2) is 4.68 Å². The van der Waals surface area contributed by atoms with Gasteiger partial charge in [-0.05, 0) is 37.6 Å². The van der Waals surface area contributed by atoms with Gasteiger partial charge in [-0.3, -0.25) is 0 Å². The van der Waals surface area contributed by atoms with E-state index in [1.165, 1.54) is 0 Å². The summed E-state index contributed by atoms with van der Waals surface area (Å²) < 4.78 is 1.70. The van der Waals surface area contributed by atoms with Gasteiger partial charge in [0.2, 0.25) is 0 Å². The highest BCUT2D eigenvalue weighted by Gasteiger charge is 2.08. The molecular weight excluding hydrogens is 252 g/mol. The third-order valence-corrected chi connectivity index (χ3v) is 3.07. The number of aromatic nitrogens is 2. The molecule has 1 aromatic carbocycles. The molecule has 0 radical (unpaired) electrons. The molecule has 2 aromatic rings. The zero-order valence-electron chi connectivity index (χ0n) is 10.1. The molecule has 0 aliphatic rings. The molecule has 2 rings (SSSR count). The quantitative estimate of drug-likeness (QED) is 0.378. The molecule has 0 bridgehead atoms. The largest absolute Gasteiger partial charge is 0.409 e. The van der Waals surface area contributed by atoms with Crippen molar-refractivity contribution in [1.82, 2.24) is 9.78 Å². The minimum atomic E-state index is 0.0914. The zero-order chi connectivity index (χ0) is 13.3. The number of nitrogens with zero attached hydrogens (tertiary/aromatic N) is 3. The average Bonchev–Trinajstić information content (AvgIpc) is 2.68. The van der Waals surface area contributed by atoms with E-state index in [2.05, 4.69) is 10.3 Å². The highest BCUT2D eigenvalue weighted by Crippen LogP contribution is 2.18. The lowest BCUT2D eigenvalue weighted by Gasteiger charge is -2.07. The Bertz CT molecular complexity index is 599. The highest BCUT2D eigenvalue weighted by molar-refractivity contribution is 6.31. The van der Waals surface area contributed by atoms with Crippen LogP contribution in [0.25, 0.3) is 5.69 Å². The number of hydrogen-bond donors (Lipinski definition) is 2. The lowest BCUT2D eigenvalue weighted by molar-refractivity contribution is 0.318. The summed E-state index contributed by atoms with van der Waals surface area (Å²) >= 11 is 5.97. The molecule has 94 valence electrons. The van der Waals surface area contributed by atoms with Crippen molar-refractivity contribution in [3.8, 4) is 5.69 Å². The Kier molecular flexibility index (Phi) is 3.25. The molecule has 0 spiro atoms. The predicted molar refractivity (Wildman–Crippen MR) is 70.6 cm³/mol. The van der Waals surface area contributed by atoms with E-state index in [0.717, 1.165) is 16.9 Å². The van der Waals surface area contributed by atoms with Crippen LogP contribution in [0.1, 0.15) is 16.8 Å². The van der Waals surface area contributed by atoms with Crippen LogP contribution in [0, 0.1) is 13.8 Å². The van der Waals surface area contributed by atoms with Crippen molar-refractivity contribution in [1.29, 1.82) is 0 Å². The number of benzene rings is 1. The van der Waals surface area contributed by atoms with Crippen LogP contribution >= 0.6 is 11.6 Å². The number of hydrogen-bond acceptors (Lipinski definition) is 3. The first-order valence-corrected chi connectivity index (χ1v) is 5.71. The van der Waals surface area contributed by atoms with Crippen molar-refractivity contribution < 1.29 is 5.21 Å². The van der Waals surface area contributed by atoms with Gasteiger partial charge in [0, 0.05) is 11.8 Å².